The Labute approximate surface area is 156 Å². The molecule has 7 atom stereocenters. The predicted octanol–water partition coefficient (Wildman–Crippen LogP) is 3.54. The Morgan fingerprint density at radius 3 is 2.62 bits per heavy atom. The molecule has 1 aliphatic heterocycles. The second kappa shape index (κ2) is 6.75. The number of nitrogens with zero attached hydrogens (tertiary/aromatic N) is 1. The van der Waals surface area contributed by atoms with E-state index in [2.05, 4.69) is 48.6 Å². The van der Waals surface area contributed by atoms with Crippen LogP contribution in [0.2, 0.25) is 0 Å². The van der Waals surface area contributed by atoms with Gasteiger partial charge in [0.2, 0.25) is 0 Å². The lowest BCUT2D eigenvalue weighted by Gasteiger charge is -2.38. The molecular formula is C22H30N2O2. The van der Waals surface area contributed by atoms with Gasteiger partial charge in [-0.1, -0.05) is 48.6 Å². The fraction of sp³-hybridized carbons (Fsp3) is 0.636. The highest BCUT2D eigenvalue weighted by Crippen LogP contribution is 2.51. The Morgan fingerprint density at radius 2 is 1.69 bits per heavy atom. The van der Waals surface area contributed by atoms with Crippen molar-refractivity contribution >= 4 is 0 Å². The number of hydrogen-bond donors (Lipinski definition) is 1. The quantitative estimate of drug-likeness (QED) is 0.676. The summed E-state index contributed by atoms with van der Waals surface area (Å²) in [7, 11) is 0. The van der Waals surface area contributed by atoms with Crippen molar-refractivity contribution in [3.05, 3.63) is 48.6 Å². The maximum atomic E-state index is 6.59. The van der Waals surface area contributed by atoms with Crippen LogP contribution in [0.25, 0.3) is 0 Å². The third-order valence-electron chi connectivity index (χ3n) is 7.40. The van der Waals surface area contributed by atoms with Crippen molar-refractivity contribution in [3.8, 4) is 0 Å². The fourth-order valence-electron chi connectivity index (χ4n) is 6.12. The first kappa shape index (κ1) is 16.9. The Hall–Kier alpha value is -1.20. The Balaban J connectivity index is 1.41. The van der Waals surface area contributed by atoms with Crippen molar-refractivity contribution in [1.82, 2.24) is 5.17 Å². The highest BCUT2D eigenvalue weighted by molar-refractivity contribution is 5.22. The van der Waals surface area contributed by atoms with Gasteiger partial charge in [0, 0.05) is 11.8 Å². The molecule has 140 valence electrons. The maximum absolute atomic E-state index is 6.59. The third-order valence-corrected chi connectivity index (χ3v) is 7.40. The van der Waals surface area contributed by atoms with Crippen LogP contribution < -0.4 is 5.84 Å². The molecule has 0 amide bonds. The molecule has 26 heavy (non-hydrogen) atoms. The molecule has 1 saturated heterocycles. The molecule has 4 nitrogen and oxygen atoms in total. The van der Waals surface area contributed by atoms with E-state index in [0.717, 1.165) is 19.3 Å². The lowest BCUT2D eigenvalue weighted by molar-refractivity contribution is -0.217. The summed E-state index contributed by atoms with van der Waals surface area (Å²) in [5.41, 5.74) is -0.0289. The normalized spacial score (nSPS) is 47.7. The average Bonchev–Trinajstić information content (AvgIpc) is 3.19. The maximum Gasteiger partial charge on any atom is 0.0880 e. The molecule has 2 saturated carbocycles. The number of rotatable bonds is 0. The number of ether oxygens (including phenoxy) is 1. The van der Waals surface area contributed by atoms with Gasteiger partial charge in [0.05, 0.1) is 24.9 Å². The van der Waals surface area contributed by atoms with Crippen molar-refractivity contribution in [2.45, 2.75) is 43.8 Å². The summed E-state index contributed by atoms with van der Waals surface area (Å²) in [6.07, 6.45) is 24.3. The van der Waals surface area contributed by atoms with Crippen LogP contribution in [0.3, 0.4) is 0 Å². The summed E-state index contributed by atoms with van der Waals surface area (Å²) in [4.78, 5) is 6.12. The van der Waals surface area contributed by atoms with Gasteiger partial charge in [-0.3, -0.25) is 4.84 Å². The number of allylic oxidation sites excluding steroid dienone is 6. The van der Waals surface area contributed by atoms with Gasteiger partial charge in [0.15, 0.2) is 0 Å². The zero-order chi connectivity index (χ0) is 17.6. The summed E-state index contributed by atoms with van der Waals surface area (Å²) < 4.78 is 6.59. The van der Waals surface area contributed by atoms with Gasteiger partial charge in [0.25, 0.3) is 0 Å². The van der Waals surface area contributed by atoms with E-state index in [4.69, 9.17) is 15.4 Å². The van der Waals surface area contributed by atoms with E-state index >= 15 is 0 Å². The first-order chi connectivity index (χ1) is 12.8. The highest BCUT2D eigenvalue weighted by atomic mass is 16.7. The van der Waals surface area contributed by atoms with Crippen molar-refractivity contribution in [1.29, 1.82) is 0 Å². The van der Waals surface area contributed by atoms with E-state index in [0.29, 0.717) is 42.7 Å². The second-order valence-corrected chi connectivity index (χ2v) is 8.65. The SMILES string of the molecule is NN1CCOC2(CCC3C=CC=CC32)CCC2CC(O1)C1C=CC=CC21. The molecule has 0 radical (unpaired) electrons. The van der Waals surface area contributed by atoms with Gasteiger partial charge >= 0.3 is 0 Å². The molecule has 5 aliphatic rings. The lowest BCUT2D eigenvalue weighted by Crippen LogP contribution is -2.43. The van der Waals surface area contributed by atoms with Crippen molar-refractivity contribution in [2.24, 2.45) is 35.4 Å². The standard InChI is InChI=1S/C22H30N2O2/c23-24-13-14-25-22(11-9-16-5-1-4-8-20(16)22)12-10-17-15-21(26-24)19-7-3-2-6-18(17)19/h1-8,16-21H,9-15,23H2. The smallest absolute Gasteiger partial charge is 0.0880 e. The molecule has 0 aromatic carbocycles. The lowest BCUT2D eigenvalue weighted by atomic mass is 9.76. The number of hydroxylamine groups is 1. The van der Waals surface area contributed by atoms with E-state index in [9.17, 15) is 0 Å². The summed E-state index contributed by atoms with van der Waals surface area (Å²) >= 11 is 0. The molecule has 0 aromatic heterocycles. The van der Waals surface area contributed by atoms with Gasteiger partial charge in [-0.2, -0.15) is 0 Å². The van der Waals surface area contributed by atoms with Crippen LogP contribution in [0.5, 0.6) is 0 Å². The molecule has 4 heteroatoms. The van der Waals surface area contributed by atoms with Gasteiger partial charge in [0.1, 0.15) is 0 Å². The molecular weight excluding hydrogens is 324 g/mol. The molecule has 1 spiro atoms. The van der Waals surface area contributed by atoms with E-state index in [-0.39, 0.29) is 11.7 Å². The number of fused-ring (bicyclic) bond motifs is 7. The largest absolute Gasteiger partial charge is 0.373 e. The fourth-order valence-corrected chi connectivity index (χ4v) is 6.12. The van der Waals surface area contributed by atoms with E-state index in [1.54, 1.807) is 0 Å². The summed E-state index contributed by atoms with van der Waals surface area (Å²) in [5, 5.41) is 1.53. The predicted molar refractivity (Wildman–Crippen MR) is 102 cm³/mol. The van der Waals surface area contributed by atoms with E-state index in [1.165, 1.54) is 18.0 Å². The minimum absolute atomic E-state index is 0.0289. The van der Waals surface area contributed by atoms with Gasteiger partial charge in [-0.05, 0) is 49.9 Å². The topological polar surface area (TPSA) is 47.7 Å². The molecule has 4 aliphatic carbocycles. The molecule has 7 unspecified atom stereocenters. The molecule has 1 heterocycles. The number of hydrazine groups is 1. The van der Waals surface area contributed by atoms with Crippen LogP contribution in [-0.4, -0.2) is 30.0 Å². The first-order valence-corrected chi connectivity index (χ1v) is 10.3. The Kier molecular flexibility index (Phi) is 4.40. The van der Waals surface area contributed by atoms with Crippen LogP contribution in [0.1, 0.15) is 32.1 Å². The summed E-state index contributed by atoms with van der Waals surface area (Å²) in [5.74, 6) is 9.00. The molecule has 2 bridgehead atoms. The van der Waals surface area contributed by atoms with Crippen molar-refractivity contribution in [3.63, 3.8) is 0 Å². The summed E-state index contributed by atoms with van der Waals surface area (Å²) in [6, 6.07) is 0. The van der Waals surface area contributed by atoms with Crippen LogP contribution in [0, 0.1) is 29.6 Å². The van der Waals surface area contributed by atoms with Gasteiger partial charge in [-0.15, -0.1) is 5.17 Å². The average molecular weight is 354 g/mol. The Morgan fingerprint density at radius 1 is 0.923 bits per heavy atom. The van der Waals surface area contributed by atoms with Gasteiger partial charge < -0.3 is 4.74 Å². The molecule has 0 aromatic rings. The second-order valence-electron chi connectivity index (χ2n) is 8.65. The van der Waals surface area contributed by atoms with Crippen LogP contribution in [-0.2, 0) is 9.57 Å². The molecule has 2 N–H and O–H groups in total. The van der Waals surface area contributed by atoms with Gasteiger partial charge in [-0.25, -0.2) is 5.84 Å². The molecule has 5 rings (SSSR count). The number of hydrogen-bond acceptors (Lipinski definition) is 4. The molecule has 3 fully saturated rings. The zero-order valence-electron chi connectivity index (χ0n) is 15.4. The first-order valence-electron chi connectivity index (χ1n) is 10.3. The van der Waals surface area contributed by atoms with Crippen molar-refractivity contribution in [2.75, 3.05) is 13.2 Å². The van der Waals surface area contributed by atoms with Crippen molar-refractivity contribution < 1.29 is 9.57 Å². The number of nitrogens with two attached hydrogens (primary N) is 1. The van der Waals surface area contributed by atoms with Crippen LogP contribution >= 0.6 is 0 Å². The summed E-state index contributed by atoms with van der Waals surface area (Å²) in [6.45, 7) is 1.26. The Bertz CT molecular complexity index is 655. The zero-order valence-corrected chi connectivity index (χ0v) is 15.4. The van der Waals surface area contributed by atoms with Crippen LogP contribution in [0.15, 0.2) is 48.6 Å². The van der Waals surface area contributed by atoms with Crippen LogP contribution in [0.4, 0.5) is 0 Å². The third kappa shape index (κ3) is 2.84. The minimum Gasteiger partial charge on any atom is -0.373 e. The van der Waals surface area contributed by atoms with E-state index in [1.807, 2.05) is 0 Å². The highest BCUT2D eigenvalue weighted by Gasteiger charge is 2.50. The minimum atomic E-state index is -0.0289. The monoisotopic (exact) mass is 354 g/mol. The van der Waals surface area contributed by atoms with E-state index < -0.39 is 0 Å².